The van der Waals surface area contributed by atoms with E-state index in [4.69, 9.17) is 0 Å². The van der Waals surface area contributed by atoms with Crippen LogP contribution in [-0.4, -0.2) is 45.1 Å². The monoisotopic (exact) mass is 450 g/mol. The number of aryl methyl sites for hydroxylation is 2. The third-order valence-corrected chi connectivity index (χ3v) is 6.57. The summed E-state index contributed by atoms with van der Waals surface area (Å²) < 4.78 is 2.01. The standard InChI is InChI=1S/C25H30N4O2S/c1-6-20-11-7-8-12-21(20)27-23(30)16-28(5)24(31)19(4)32-25-26-14-15-29(25)22-13-9-10-17(2)18(22)3/h7-15,19H,6,16H2,1-5H3,(H,27,30). The van der Waals surface area contributed by atoms with Crippen molar-refractivity contribution in [2.45, 2.75) is 44.5 Å². The van der Waals surface area contributed by atoms with Crippen molar-refractivity contribution >= 4 is 29.3 Å². The molecule has 1 atom stereocenters. The molecule has 32 heavy (non-hydrogen) atoms. The van der Waals surface area contributed by atoms with Crippen LogP contribution in [0.15, 0.2) is 60.0 Å². The number of imidazole rings is 1. The van der Waals surface area contributed by atoms with Gasteiger partial charge in [0.15, 0.2) is 5.16 Å². The summed E-state index contributed by atoms with van der Waals surface area (Å²) in [4.78, 5) is 31.4. The Morgan fingerprint density at radius 2 is 1.91 bits per heavy atom. The number of carbonyl (C=O) groups excluding carboxylic acids is 2. The van der Waals surface area contributed by atoms with E-state index in [0.717, 1.165) is 28.5 Å². The van der Waals surface area contributed by atoms with E-state index in [9.17, 15) is 9.59 Å². The molecule has 3 aromatic rings. The summed E-state index contributed by atoms with van der Waals surface area (Å²) in [6, 6.07) is 13.8. The van der Waals surface area contributed by atoms with Crippen LogP contribution in [0.25, 0.3) is 5.69 Å². The van der Waals surface area contributed by atoms with Crippen molar-refractivity contribution in [3.63, 3.8) is 0 Å². The Morgan fingerprint density at radius 1 is 1.16 bits per heavy atom. The summed E-state index contributed by atoms with van der Waals surface area (Å²) in [7, 11) is 1.65. The van der Waals surface area contributed by atoms with E-state index in [-0.39, 0.29) is 23.6 Å². The maximum atomic E-state index is 12.9. The zero-order valence-electron chi connectivity index (χ0n) is 19.3. The number of anilines is 1. The van der Waals surface area contributed by atoms with Gasteiger partial charge in [0.1, 0.15) is 0 Å². The van der Waals surface area contributed by atoms with Crippen molar-refractivity contribution in [3.8, 4) is 5.69 Å². The summed E-state index contributed by atoms with van der Waals surface area (Å²) in [6.45, 7) is 8.04. The third kappa shape index (κ3) is 5.40. The van der Waals surface area contributed by atoms with E-state index >= 15 is 0 Å². The van der Waals surface area contributed by atoms with Crippen molar-refractivity contribution < 1.29 is 9.59 Å². The number of hydrogen-bond donors (Lipinski definition) is 1. The van der Waals surface area contributed by atoms with E-state index in [0.29, 0.717) is 0 Å². The van der Waals surface area contributed by atoms with E-state index < -0.39 is 0 Å². The molecule has 6 nitrogen and oxygen atoms in total. The smallest absolute Gasteiger partial charge is 0.243 e. The Balaban J connectivity index is 1.64. The minimum absolute atomic E-state index is 0.00674. The van der Waals surface area contributed by atoms with Crippen molar-refractivity contribution in [1.29, 1.82) is 0 Å². The van der Waals surface area contributed by atoms with Gasteiger partial charge in [0.2, 0.25) is 11.8 Å². The number of para-hydroxylation sites is 1. The number of aromatic nitrogens is 2. The molecule has 0 saturated heterocycles. The van der Waals surface area contributed by atoms with E-state index in [2.05, 4.69) is 30.2 Å². The molecule has 0 aliphatic heterocycles. The van der Waals surface area contributed by atoms with Crippen LogP contribution in [-0.2, 0) is 16.0 Å². The van der Waals surface area contributed by atoms with Crippen LogP contribution in [0.1, 0.15) is 30.5 Å². The van der Waals surface area contributed by atoms with E-state index in [1.807, 2.05) is 61.0 Å². The molecule has 2 aromatic carbocycles. The molecule has 0 radical (unpaired) electrons. The first-order valence-electron chi connectivity index (χ1n) is 10.7. The topological polar surface area (TPSA) is 67.2 Å². The molecule has 1 aromatic heterocycles. The molecule has 1 N–H and O–H groups in total. The Bertz CT molecular complexity index is 1110. The lowest BCUT2D eigenvalue weighted by Gasteiger charge is -2.21. The first-order chi connectivity index (χ1) is 15.3. The highest BCUT2D eigenvalue weighted by Gasteiger charge is 2.23. The molecule has 1 unspecified atom stereocenters. The maximum absolute atomic E-state index is 12.9. The zero-order valence-corrected chi connectivity index (χ0v) is 20.1. The number of nitrogens with one attached hydrogen (secondary N) is 1. The number of amides is 2. The molecule has 0 bridgehead atoms. The SMILES string of the molecule is CCc1ccccc1NC(=O)CN(C)C(=O)C(C)Sc1nccn1-c1cccc(C)c1C. The fourth-order valence-electron chi connectivity index (χ4n) is 3.51. The predicted octanol–water partition coefficient (Wildman–Crippen LogP) is 4.63. The second kappa shape index (κ2) is 10.5. The summed E-state index contributed by atoms with van der Waals surface area (Å²) in [6.07, 6.45) is 4.47. The fraction of sp³-hybridized carbons (Fsp3) is 0.320. The number of thioether (sulfide) groups is 1. The molecule has 0 saturated carbocycles. The summed E-state index contributed by atoms with van der Waals surface area (Å²) in [5.74, 6) is -0.333. The average molecular weight is 451 g/mol. The van der Waals surface area contributed by atoms with Gasteiger partial charge in [-0.2, -0.15) is 0 Å². The van der Waals surface area contributed by atoms with Gasteiger partial charge in [-0.15, -0.1) is 0 Å². The lowest BCUT2D eigenvalue weighted by Crippen LogP contribution is -2.39. The van der Waals surface area contributed by atoms with Gasteiger partial charge in [0.05, 0.1) is 17.5 Å². The quantitative estimate of drug-likeness (QED) is 0.508. The highest BCUT2D eigenvalue weighted by molar-refractivity contribution is 8.00. The molecule has 1 heterocycles. The number of nitrogens with zero attached hydrogens (tertiary/aromatic N) is 3. The van der Waals surface area contributed by atoms with Gasteiger partial charge < -0.3 is 10.2 Å². The van der Waals surface area contributed by atoms with Gasteiger partial charge in [0.25, 0.3) is 0 Å². The Labute approximate surface area is 194 Å². The van der Waals surface area contributed by atoms with Crippen LogP contribution in [0, 0.1) is 13.8 Å². The predicted molar refractivity (Wildman–Crippen MR) is 130 cm³/mol. The van der Waals surface area contributed by atoms with Gasteiger partial charge in [-0.3, -0.25) is 14.2 Å². The van der Waals surface area contributed by atoms with Gasteiger partial charge in [-0.05, 0) is 56.0 Å². The van der Waals surface area contributed by atoms with Gasteiger partial charge in [-0.25, -0.2) is 4.98 Å². The second-order valence-corrected chi connectivity index (χ2v) is 9.12. The Kier molecular flexibility index (Phi) is 7.75. The maximum Gasteiger partial charge on any atom is 0.243 e. The fourth-order valence-corrected chi connectivity index (χ4v) is 4.50. The highest BCUT2D eigenvalue weighted by Crippen LogP contribution is 2.27. The third-order valence-electron chi connectivity index (χ3n) is 5.50. The molecular formula is C25H30N4O2S. The normalized spacial score (nSPS) is 11.8. The minimum Gasteiger partial charge on any atom is -0.335 e. The van der Waals surface area contributed by atoms with Gasteiger partial charge >= 0.3 is 0 Å². The number of benzene rings is 2. The summed E-state index contributed by atoms with van der Waals surface area (Å²) in [5.41, 5.74) is 5.28. The lowest BCUT2D eigenvalue weighted by molar-refractivity contribution is -0.132. The zero-order chi connectivity index (χ0) is 23.3. The van der Waals surface area contributed by atoms with Crippen LogP contribution in [0.4, 0.5) is 5.69 Å². The second-order valence-electron chi connectivity index (χ2n) is 7.81. The Hall–Kier alpha value is -3.06. The molecule has 3 rings (SSSR count). The molecular weight excluding hydrogens is 420 g/mol. The number of carbonyl (C=O) groups is 2. The van der Waals surface area contributed by atoms with Gasteiger partial charge in [-0.1, -0.05) is 49.0 Å². The van der Waals surface area contributed by atoms with E-state index in [1.54, 1.807) is 13.2 Å². The number of likely N-dealkylation sites (N-methyl/N-ethyl adjacent to an activating group) is 1. The Morgan fingerprint density at radius 3 is 2.66 bits per heavy atom. The number of hydrogen-bond acceptors (Lipinski definition) is 4. The van der Waals surface area contributed by atoms with Crippen LogP contribution in [0.3, 0.4) is 0 Å². The molecule has 168 valence electrons. The minimum atomic E-state index is -0.387. The van der Waals surface area contributed by atoms with Crippen molar-refractivity contribution in [3.05, 3.63) is 71.5 Å². The summed E-state index contributed by atoms with van der Waals surface area (Å²) >= 11 is 1.39. The number of rotatable bonds is 8. The van der Waals surface area contributed by atoms with Crippen LogP contribution in [0.2, 0.25) is 0 Å². The first-order valence-corrected chi connectivity index (χ1v) is 11.6. The van der Waals surface area contributed by atoms with E-state index in [1.165, 1.54) is 27.8 Å². The van der Waals surface area contributed by atoms with Crippen molar-refractivity contribution in [2.75, 3.05) is 18.9 Å². The van der Waals surface area contributed by atoms with Crippen molar-refractivity contribution in [2.24, 2.45) is 0 Å². The molecule has 2 amide bonds. The molecule has 7 heteroatoms. The highest BCUT2D eigenvalue weighted by atomic mass is 32.2. The first kappa shape index (κ1) is 23.6. The molecule has 0 fully saturated rings. The molecule has 0 aliphatic rings. The van der Waals surface area contributed by atoms with Gasteiger partial charge in [0, 0.05) is 25.1 Å². The summed E-state index contributed by atoms with van der Waals surface area (Å²) in [5, 5.41) is 3.28. The average Bonchev–Trinajstić information content (AvgIpc) is 3.23. The van der Waals surface area contributed by atoms with Crippen LogP contribution < -0.4 is 5.32 Å². The van der Waals surface area contributed by atoms with Crippen LogP contribution in [0.5, 0.6) is 0 Å². The molecule has 0 aliphatic carbocycles. The van der Waals surface area contributed by atoms with Crippen molar-refractivity contribution in [1.82, 2.24) is 14.5 Å². The van der Waals surface area contributed by atoms with Crippen LogP contribution >= 0.6 is 11.8 Å². The molecule has 0 spiro atoms. The largest absolute Gasteiger partial charge is 0.335 e. The lowest BCUT2D eigenvalue weighted by atomic mass is 10.1.